The van der Waals surface area contributed by atoms with Crippen LogP contribution in [0.4, 0.5) is 0 Å². The van der Waals surface area contributed by atoms with E-state index in [1.807, 2.05) is 29.6 Å². The van der Waals surface area contributed by atoms with Gasteiger partial charge in [0.05, 0.1) is 17.3 Å². The number of hydrogen-bond donors (Lipinski definition) is 1. The fourth-order valence-electron chi connectivity index (χ4n) is 1.67. The van der Waals surface area contributed by atoms with Crippen LogP contribution in [-0.4, -0.2) is 23.3 Å². The molecule has 0 aliphatic carbocycles. The summed E-state index contributed by atoms with van der Waals surface area (Å²) < 4.78 is 11.0. The van der Waals surface area contributed by atoms with Crippen LogP contribution >= 0.6 is 11.3 Å². The molecule has 0 aliphatic rings. The van der Waals surface area contributed by atoms with Gasteiger partial charge in [-0.2, -0.15) is 0 Å². The van der Waals surface area contributed by atoms with Crippen LogP contribution in [0.5, 0.6) is 11.5 Å². The third-order valence-electron chi connectivity index (χ3n) is 2.76. The second-order valence-electron chi connectivity index (χ2n) is 5.73. The molecule has 1 aromatic carbocycles. The number of hydrogen-bond acceptors (Lipinski definition) is 5. The Morgan fingerprint density at radius 1 is 1.10 bits per heavy atom. The molecule has 0 spiro atoms. The first-order valence-corrected chi connectivity index (χ1v) is 7.78. The minimum Gasteiger partial charge on any atom is -0.491 e. The molecule has 0 atom stereocenters. The van der Waals surface area contributed by atoms with Crippen molar-refractivity contribution in [3.05, 3.63) is 40.3 Å². The summed E-state index contributed by atoms with van der Waals surface area (Å²) in [5.41, 5.74) is 1.03. The van der Waals surface area contributed by atoms with Crippen LogP contribution in [0.15, 0.2) is 29.6 Å². The molecular weight excluding hydrogens is 286 g/mol. The Kier molecular flexibility index (Phi) is 5.20. The highest BCUT2D eigenvalue weighted by molar-refractivity contribution is 7.09. The number of ether oxygens (including phenoxy) is 2. The Morgan fingerprint density at radius 3 is 2.24 bits per heavy atom. The summed E-state index contributed by atoms with van der Waals surface area (Å²) in [5, 5.41) is 11.9. The Bertz CT molecular complexity index is 558. The van der Waals surface area contributed by atoms with Crippen LogP contribution in [0.2, 0.25) is 0 Å². The number of aromatic nitrogens is 1. The number of aliphatic hydroxyl groups excluding tert-OH is 1. The van der Waals surface area contributed by atoms with Gasteiger partial charge in [-0.1, -0.05) is 20.8 Å². The fraction of sp³-hybridized carbons (Fsp3) is 0.438. The van der Waals surface area contributed by atoms with Crippen molar-refractivity contribution in [2.75, 3.05) is 13.2 Å². The number of aliphatic hydroxyl groups is 1. The van der Waals surface area contributed by atoms with Gasteiger partial charge in [-0.15, -0.1) is 11.3 Å². The molecule has 0 saturated carbocycles. The number of thiazole rings is 1. The maximum absolute atomic E-state index is 8.70. The maximum Gasteiger partial charge on any atom is 0.131 e. The molecule has 0 aliphatic heterocycles. The van der Waals surface area contributed by atoms with Crippen LogP contribution in [0.1, 0.15) is 31.5 Å². The zero-order valence-corrected chi connectivity index (χ0v) is 13.4. The normalized spacial score (nSPS) is 11.4. The monoisotopic (exact) mass is 307 g/mol. The lowest BCUT2D eigenvalue weighted by Gasteiger charge is -2.13. The van der Waals surface area contributed by atoms with Crippen LogP contribution in [0.3, 0.4) is 0 Å². The number of benzene rings is 1. The Morgan fingerprint density at radius 2 is 1.71 bits per heavy atom. The summed E-state index contributed by atoms with van der Waals surface area (Å²) in [5.74, 6) is 1.50. The predicted octanol–water partition coefficient (Wildman–Crippen LogP) is 3.39. The van der Waals surface area contributed by atoms with Crippen molar-refractivity contribution in [1.82, 2.24) is 4.98 Å². The van der Waals surface area contributed by atoms with E-state index in [0.717, 1.165) is 22.2 Å². The molecule has 2 aromatic rings. The smallest absolute Gasteiger partial charge is 0.131 e. The molecule has 5 heteroatoms. The van der Waals surface area contributed by atoms with Gasteiger partial charge in [-0.25, -0.2) is 4.98 Å². The molecule has 1 N–H and O–H groups in total. The van der Waals surface area contributed by atoms with Crippen molar-refractivity contribution in [1.29, 1.82) is 0 Å². The predicted molar refractivity (Wildman–Crippen MR) is 84.2 cm³/mol. The topological polar surface area (TPSA) is 51.6 Å². The van der Waals surface area contributed by atoms with Crippen LogP contribution < -0.4 is 9.47 Å². The van der Waals surface area contributed by atoms with Gasteiger partial charge in [-0.05, 0) is 24.3 Å². The van der Waals surface area contributed by atoms with Crippen molar-refractivity contribution in [3.63, 3.8) is 0 Å². The molecule has 0 unspecified atom stereocenters. The summed E-state index contributed by atoms with van der Waals surface area (Å²) in [6.45, 7) is 7.24. The van der Waals surface area contributed by atoms with Gasteiger partial charge in [0.1, 0.15) is 24.7 Å². The lowest BCUT2D eigenvalue weighted by atomic mass is 9.98. The van der Waals surface area contributed by atoms with Gasteiger partial charge in [-0.3, -0.25) is 0 Å². The molecule has 21 heavy (non-hydrogen) atoms. The highest BCUT2D eigenvalue weighted by Gasteiger charge is 2.17. The van der Waals surface area contributed by atoms with E-state index in [-0.39, 0.29) is 12.0 Å². The average Bonchev–Trinajstić information content (AvgIpc) is 2.93. The zero-order valence-electron chi connectivity index (χ0n) is 12.6. The van der Waals surface area contributed by atoms with Gasteiger partial charge in [0.15, 0.2) is 0 Å². The fourth-order valence-corrected chi connectivity index (χ4v) is 2.56. The number of rotatable bonds is 6. The zero-order chi connectivity index (χ0) is 15.3. The molecule has 1 aromatic heterocycles. The van der Waals surface area contributed by atoms with E-state index < -0.39 is 0 Å². The number of nitrogens with zero attached hydrogens (tertiary/aromatic N) is 1. The largest absolute Gasteiger partial charge is 0.491 e. The van der Waals surface area contributed by atoms with E-state index in [1.165, 1.54) is 0 Å². The standard InChI is InChI=1S/C16H21NO3S/c1-16(2,3)15-17-12(11-21-15)10-20-14-6-4-13(5-7-14)19-9-8-18/h4-7,11,18H,8-10H2,1-3H3. The lowest BCUT2D eigenvalue weighted by Crippen LogP contribution is -2.10. The minimum atomic E-state index is 0.0121. The molecule has 0 radical (unpaired) electrons. The van der Waals surface area contributed by atoms with E-state index in [2.05, 4.69) is 25.8 Å². The Balaban J connectivity index is 1.89. The third-order valence-corrected chi connectivity index (χ3v) is 4.08. The van der Waals surface area contributed by atoms with Crippen molar-refractivity contribution in [3.8, 4) is 11.5 Å². The van der Waals surface area contributed by atoms with Gasteiger partial charge < -0.3 is 14.6 Å². The molecule has 0 bridgehead atoms. The Labute approximate surface area is 129 Å². The van der Waals surface area contributed by atoms with E-state index in [9.17, 15) is 0 Å². The maximum atomic E-state index is 8.70. The third kappa shape index (κ3) is 4.72. The highest BCUT2D eigenvalue weighted by atomic mass is 32.1. The molecule has 4 nitrogen and oxygen atoms in total. The molecule has 114 valence electrons. The lowest BCUT2D eigenvalue weighted by molar-refractivity contribution is 0.201. The highest BCUT2D eigenvalue weighted by Crippen LogP contribution is 2.26. The molecule has 0 amide bonds. The first kappa shape index (κ1) is 15.8. The summed E-state index contributed by atoms with van der Waals surface area (Å²) in [7, 11) is 0. The van der Waals surface area contributed by atoms with E-state index in [4.69, 9.17) is 14.6 Å². The summed E-state index contributed by atoms with van der Waals surface area (Å²) >= 11 is 1.67. The second-order valence-corrected chi connectivity index (χ2v) is 6.58. The van der Waals surface area contributed by atoms with Crippen molar-refractivity contribution in [2.45, 2.75) is 32.8 Å². The van der Waals surface area contributed by atoms with Gasteiger partial charge in [0.2, 0.25) is 0 Å². The quantitative estimate of drug-likeness (QED) is 0.889. The van der Waals surface area contributed by atoms with E-state index >= 15 is 0 Å². The van der Waals surface area contributed by atoms with Crippen molar-refractivity contribution in [2.24, 2.45) is 0 Å². The average molecular weight is 307 g/mol. The molecule has 2 rings (SSSR count). The summed E-state index contributed by atoms with van der Waals surface area (Å²) in [6.07, 6.45) is 0. The Hall–Kier alpha value is -1.59. The van der Waals surface area contributed by atoms with Crippen molar-refractivity contribution >= 4 is 11.3 Å². The van der Waals surface area contributed by atoms with E-state index in [1.54, 1.807) is 11.3 Å². The molecule has 0 saturated heterocycles. The van der Waals surface area contributed by atoms with E-state index in [0.29, 0.717) is 13.2 Å². The molecule has 1 heterocycles. The first-order valence-electron chi connectivity index (χ1n) is 6.90. The van der Waals surface area contributed by atoms with Crippen molar-refractivity contribution < 1.29 is 14.6 Å². The van der Waals surface area contributed by atoms with Crippen LogP contribution in [-0.2, 0) is 12.0 Å². The minimum absolute atomic E-state index is 0.0121. The van der Waals surface area contributed by atoms with Gasteiger partial charge >= 0.3 is 0 Å². The first-order chi connectivity index (χ1) is 9.99. The van der Waals surface area contributed by atoms with Crippen LogP contribution in [0, 0.1) is 0 Å². The van der Waals surface area contributed by atoms with Crippen LogP contribution in [0.25, 0.3) is 0 Å². The second kappa shape index (κ2) is 6.91. The summed E-state index contributed by atoms with van der Waals surface area (Å²) in [4.78, 5) is 4.60. The van der Waals surface area contributed by atoms with Gasteiger partial charge in [0, 0.05) is 10.8 Å². The SMILES string of the molecule is CC(C)(C)c1nc(COc2ccc(OCCO)cc2)cs1. The summed E-state index contributed by atoms with van der Waals surface area (Å²) in [6, 6.07) is 7.35. The van der Waals surface area contributed by atoms with Gasteiger partial charge in [0.25, 0.3) is 0 Å². The molecular formula is C16H21NO3S. The molecule has 0 fully saturated rings.